The lowest BCUT2D eigenvalue weighted by atomic mass is 9.93. The largest absolute Gasteiger partial charge is 0.417 e. The summed E-state index contributed by atoms with van der Waals surface area (Å²) in [4.78, 5) is 0. The van der Waals surface area contributed by atoms with Crippen molar-refractivity contribution in [3.63, 3.8) is 0 Å². The molecule has 0 radical (unpaired) electrons. The molecule has 0 fully saturated rings. The zero-order valence-electron chi connectivity index (χ0n) is 11.1. The van der Waals surface area contributed by atoms with Crippen molar-refractivity contribution in [3.05, 3.63) is 34.4 Å². The summed E-state index contributed by atoms with van der Waals surface area (Å²) in [6, 6.07) is -1.82. The predicted octanol–water partition coefficient (Wildman–Crippen LogP) is 5.02. The summed E-state index contributed by atoms with van der Waals surface area (Å²) in [6.07, 6.45) is -16.2. The van der Waals surface area contributed by atoms with Crippen LogP contribution in [-0.2, 0) is 18.5 Å². The molecule has 1 aromatic carbocycles. The van der Waals surface area contributed by atoms with E-state index in [2.05, 4.69) is 5.32 Å². The first-order valence-electron chi connectivity index (χ1n) is 5.76. The van der Waals surface area contributed by atoms with Crippen molar-refractivity contribution in [1.29, 1.82) is 0 Å². The molecule has 0 heterocycles. The third-order valence-corrected chi connectivity index (χ3v) is 3.01. The van der Waals surface area contributed by atoms with Gasteiger partial charge in [-0.1, -0.05) is 0 Å². The smallest absolute Gasteiger partial charge is 0.313 e. The number of hydrogen-bond donors (Lipinski definition) is 1. The minimum atomic E-state index is -5.56. The molecule has 1 atom stereocenters. The van der Waals surface area contributed by atoms with Crippen LogP contribution in [0.2, 0.25) is 0 Å². The van der Waals surface area contributed by atoms with Gasteiger partial charge in [-0.05, 0) is 31.7 Å². The molecular weight excluding hydrogens is 329 g/mol. The molecule has 0 aliphatic heterocycles. The molecule has 126 valence electrons. The highest BCUT2D eigenvalue weighted by atomic mass is 19.4. The van der Waals surface area contributed by atoms with Gasteiger partial charge in [-0.3, -0.25) is 0 Å². The number of halogens is 9. The van der Waals surface area contributed by atoms with Crippen molar-refractivity contribution in [1.82, 2.24) is 5.32 Å². The topological polar surface area (TPSA) is 12.0 Å². The number of alkyl halides is 9. The normalized spacial score (nSPS) is 15.0. The van der Waals surface area contributed by atoms with Crippen molar-refractivity contribution in [2.45, 2.75) is 31.5 Å². The molecule has 0 spiro atoms. The van der Waals surface area contributed by atoms with E-state index in [1.54, 1.807) is 0 Å². The lowest BCUT2D eigenvalue weighted by molar-refractivity contribution is -0.163. The van der Waals surface area contributed by atoms with Gasteiger partial charge in [0.25, 0.3) is 0 Å². The fourth-order valence-electron chi connectivity index (χ4n) is 1.84. The highest BCUT2D eigenvalue weighted by molar-refractivity contribution is 5.44. The van der Waals surface area contributed by atoms with E-state index in [1.807, 2.05) is 0 Å². The molecule has 0 saturated carbocycles. The van der Waals surface area contributed by atoms with Gasteiger partial charge in [0, 0.05) is 6.04 Å². The van der Waals surface area contributed by atoms with Crippen LogP contribution in [-0.4, -0.2) is 7.05 Å². The van der Waals surface area contributed by atoms with E-state index in [0.29, 0.717) is 0 Å². The molecule has 1 nitrogen and oxygen atoms in total. The molecule has 0 bridgehead atoms. The molecular formula is C12H10F9N. The molecule has 1 N–H and O–H groups in total. The Morgan fingerprint density at radius 2 is 1.09 bits per heavy atom. The molecule has 0 aromatic heterocycles. The van der Waals surface area contributed by atoms with Gasteiger partial charge in [-0.2, -0.15) is 39.5 Å². The highest BCUT2D eigenvalue weighted by Gasteiger charge is 2.46. The summed E-state index contributed by atoms with van der Waals surface area (Å²) in [5, 5.41) is 2.28. The van der Waals surface area contributed by atoms with Gasteiger partial charge >= 0.3 is 18.5 Å². The first-order valence-corrected chi connectivity index (χ1v) is 5.76. The molecule has 1 unspecified atom stereocenters. The average molecular weight is 339 g/mol. The number of hydrogen-bond acceptors (Lipinski definition) is 1. The molecule has 0 aliphatic carbocycles. The molecule has 1 rings (SSSR count). The van der Waals surface area contributed by atoms with Gasteiger partial charge in [0.1, 0.15) is 0 Å². The van der Waals surface area contributed by atoms with Gasteiger partial charge in [0.15, 0.2) is 0 Å². The predicted molar refractivity (Wildman–Crippen MR) is 58.9 cm³/mol. The van der Waals surface area contributed by atoms with Crippen LogP contribution < -0.4 is 5.32 Å². The second kappa shape index (κ2) is 5.64. The maximum atomic E-state index is 12.9. The van der Waals surface area contributed by atoms with Gasteiger partial charge in [0.05, 0.1) is 16.7 Å². The molecule has 10 heteroatoms. The summed E-state index contributed by atoms with van der Waals surface area (Å²) in [5.74, 6) is 0. The van der Waals surface area contributed by atoms with Crippen LogP contribution in [0.4, 0.5) is 39.5 Å². The van der Waals surface area contributed by atoms with Crippen molar-refractivity contribution in [2.24, 2.45) is 0 Å². The summed E-state index contributed by atoms with van der Waals surface area (Å²) >= 11 is 0. The Bertz CT molecular complexity index is 539. The zero-order chi connectivity index (χ0) is 17.5. The lowest BCUT2D eigenvalue weighted by Gasteiger charge is -2.23. The van der Waals surface area contributed by atoms with E-state index in [9.17, 15) is 39.5 Å². The highest BCUT2D eigenvalue weighted by Crippen LogP contribution is 2.45. The fraction of sp³-hybridized carbons (Fsp3) is 0.500. The van der Waals surface area contributed by atoms with Gasteiger partial charge in [0.2, 0.25) is 0 Å². The van der Waals surface area contributed by atoms with Gasteiger partial charge in [-0.15, -0.1) is 0 Å². The third-order valence-electron chi connectivity index (χ3n) is 3.01. The van der Waals surface area contributed by atoms with Crippen LogP contribution in [0.5, 0.6) is 0 Å². The first kappa shape index (κ1) is 18.6. The standard InChI is InChI=1S/C12H10F9N/c1-5(22-2)6-3-8(11(16,17)18)9(12(19,20)21)4-7(6)10(13,14)15/h3-5,22H,1-2H3. The van der Waals surface area contributed by atoms with Crippen molar-refractivity contribution in [3.8, 4) is 0 Å². The van der Waals surface area contributed by atoms with Crippen LogP contribution in [0.25, 0.3) is 0 Å². The quantitative estimate of drug-likeness (QED) is 0.746. The monoisotopic (exact) mass is 339 g/mol. The van der Waals surface area contributed by atoms with E-state index >= 15 is 0 Å². The molecule has 0 aliphatic rings. The van der Waals surface area contributed by atoms with E-state index in [0.717, 1.165) is 6.92 Å². The van der Waals surface area contributed by atoms with Crippen LogP contribution in [0.3, 0.4) is 0 Å². The Kier molecular flexibility index (Phi) is 4.76. The maximum Gasteiger partial charge on any atom is 0.417 e. The van der Waals surface area contributed by atoms with Gasteiger partial charge in [-0.25, -0.2) is 0 Å². The number of rotatable bonds is 2. The van der Waals surface area contributed by atoms with Crippen molar-refractivity contribution in [2.75, 3.05) is 7.05 Å². The second-order valence-electron chi connectivity index (χ2n) is 4.49. The maximum absolute atomic E-state index is 12.9. The Labute approximate surface area is 119 Å². The first-order chi connectivity index (χ1) is 9.69. The second-order valence-corrected chi connectivity index (χ2v) is 4.49. The molecule has 0 amide bonds. The average Bonchev–Trinajstić information content (AvgIpc) is 2.33. The summed E-state index contributed by atoms with van der Waals surface area (Å²) < 4.78 is 115. The summed E-state index contributed by atoms with van der Waals surface area (Å²) in [7, 11) is 1.18. The summed E-state index contributed by atoms with van der Waals surface area (Å²) in [6.45, 7) is 1.11. The van der Waals surface area contributed by atoms with Crippen LogP contribution in [0.15, 0.2) is 12.1 Å². The van der Waals surface area contributed by atoms with Crippen LogP contribution >= 0.6 is 0 Å². The minimum Gasteiger partial charge on any atom is -0.313 e. The van der Waals surface area contributed by atoms with Crippen LogP contribution in [0.1, 0.15) is 35.2 Å². The molecule has 22 heavy (non-hydrogen) atoms. The van der Waals surface area contributed by atoms with Crippen molar-refractivity contribution >= 4 is 0 Å². The van der Waals surface area contributed by atoms with E-state index in [-0.39, 0.29) is 6.07 Å². The Morgan fingerprint density at radius 1 is 0.727 bits per heavy atom. The number of benzene rings is 1. The van der Waals surface area contributed by atoms with E-state index in [1.165, 1.54) is 7.05 Å². The van der Waals surface area contributed by atoms with Crippen LogP contribution in [0, 0.1) is 0 Å². The van der Waals surface area contributed by atoms with Crippen molar-refractivity contribution < 1.29 is 39.5 Å². The third kappa shape index (κ3) is 3.84. The number of nitrogens with one attached hydrogen (secondary N) is 1. The summed E-state index contributed by atoms with van der Waals surface area (Å²) in [5.41, 5.74) is -7.17. The van der Waals surface area contributed by atoms with Gasteiger partial charge < -0.3 is 5.32 Å². The SMILES string of the molecule is CNC(C)c1cc(C(F)(F)F)c(C(F)(F)F)cc1C(F)(F)F. The Balaban J connectivity index is 3.81. The van der Waals surface area contributed by atoms with E-state index in [4.69, 9.17) is 0 Å². The Hall–Kier alpha value is -1.45. The lowest BCUT2D eigenvalue weighted by Crippen LogP contribution is -2.24. The van der Waals surface area contributed by atoms with E-state index < -0.39 is 52.9 Å². The zero-order valence-corrected chi connectivity index (χ0v) is 11.1. The minimum absolute atomic E-state index is 0.104. The fourth-order valence-corrected chi connectivity index (χ4v) is 1.84. The molecule has 1 aromatic rings. The molecule has 0 saturated heterocycles. The Morgan fingerprint density at radius 3 is 1.41 bits per heavy atom.